The van der Waals surface area contributed by atoms with Gasteiger partial charge in [0.25, 0.3) is 5.91 Å². The summed E-state index contributed by atoms with van der Waals surface area (Å²) in [7, 11) is 1.93. The molecule has 8 heteroatoms. The Kier molecular flexibility index (Phi) is 3.39. The first-order chi connectivity index (χ1) is 9.65. The number of likely N-dealkylation sites (tertiary alicyclic amines) is 1. The van der Waals surface area contributed by atoms with Crippen molar-refractivity contribution in [2.24, 2.45) is 7.05 Å². The van der Waals surface area contributed by atoms with E-state index in [1.807, 2.05) is 16.5 Å². The molecule has 1 fully saturated rings. The lowest BCUT2D eigenvalue weighted by atomic mass is 9.97. The SMILES string of the molecule is Cn1cnnc1C1CCCN(C(=O)c2csc(N)n2)C1. The Morgan fingerprint density at radius 3 is 3.05 bits per heavy atom. The molecule has 0 bridgehead atoms. The molecule has 2 aromatic rings. The van der Waals surface area contributed by atoms with Crippen molar-refractivity contribution in [3.05, 3.63) is 23.2 Å². The predicted molar refractivity (Wildman–Crippen MR) is 75.4 cm³/mol. The van der Waals surface area contributed by atoms with E-state index in [9.17, 15) is 4.79 Å². The van der Waals surface area contributed by atoms with Crippen molar-refractivity contribution >= 4 is 22.4 Å². The van der Waals surface area contributed by atoms with Gasteiger partial charge in [0.1, 0.15) is 17.8 Å². The van der Waals surface area contributed by atoms with E-state index in [2.05, 4.69) is 15.2 Å². The molecule has 0 radical (unpaired) electrons. The van der Waals surface area contributed by atoms with Crippen molar-refractivity contribution in [3.8, 4) is 0 Å². The molecule has 106 valence electrons. The number of nitrogens with two attached hydrogens (primary N) is 1. The van der Waals surface area contributed by atoms with Crippen LogP contribution in [0.2, 0.25) is 0 Å². The Labute approximate surface area is 120 Å². The summed E-state index contributed by atoms with van der Waals surface area (Å²) in [5, 5.41) is 10.2. The van der Waals surface area contributed by atoms with Crippen molar-refractivity contribution < 1.29 is 4.79 Å². The topological polar surface area (TPSA) is 89.9 Å². The van der Waals surface area contributed by atoms with Gasteiger partial charge in [-0.3, -0.25) is 4.79 Å². The van der Waals surface area contributed by atoms with E-state index in [1.165, 1.54) is 11.3 Å². The van der Waals surface area contributed by atoms with Gasteiger partial charge in [0.05, 0.1) is 0 Å². The molecule has 0 saturated carbocycles. The number of carbonyl (C=O) groups is 1. The van der Waals surface area contributed by atoms with Gasteiger partial charge in [-0.15, -0.1) is 21.5 Å². The summed E-state index contributed by atoms with van der Waals surface area (Å²) < 4.78 is 1.92. The van der Waals surface area contributed by atoms with Gasteiger partial charge in [-0.25, -0.2) is 4.98 Å². The van der Waals surface area contributed by atoms with Crippen molar-refractivity contribution in [3.63, 3.8) is 0 Å². The van der Waals surface area contributed by atoms with E-state index in [0.717, 1.165) is 25.2 Å². The number of piperidine rings is 1. The third kappa shape index (κ3) is 2.38. The van der Waals surface area contributed by atoms with Crippen LogP contribution < -0.4 is 5.73 Å². The van der Waals surface area contributed by atoms with Gasteiger partial charge in [-0.1, -0.05) is 0 Å². The quantitative estimate of drug-likeness (QED) is 0.887. The number of aryl methyl sites for hydroxylation is 1. The molecule has 3 heterocycles. The first kappa shape index (κ1) is 13.0. The van der Waals surface area contributed by atoms with Crippen molar-refractivity contribution in [2.75, 3.05) is 18.8 Å². The van der Waals surface area contributed by atoms with Gasteiger partial charge in [0.15, 0.2) is 5.13 Å². The van der Waals surface area contributed by atoms with E-state index in [4.69, 9.17) is 5.73 Å². The highest BCUT2D eigenvalue weighted by Gasteiger charge is 2.28. The lowest BCUT2D eigenvalue weighted by Crippen LogP contribution is -2.39. The average molecular weight is 292 g/mol. The number of hydrogen-bond donors (Lipinski definition) is 1. The van der Waals surface area contributed by atoms with Crippen LogP contribution in [0.25, 0.3) is 0 Å². The van der Waals surface area contributed by atoms with Gasteiger partial charge in [-0.2, -0.15) is 0 Å². The molecule has 0 aromatic carbocycles. The largest absolute Gasteiger partial charge is 0.375 e. The van der Waals surface area contributed by atoms with E-state index < -0.39 is 0 Å². The molecule has 3 rings (SSSR count). The normalized spacial score (nSPS) is 19.2. The van der Waals surface area contributed by atoms with Crippen molar-refractivity contribution in [1.82, 2.24) is 24.6 Å². The van der Waals surface area contributed by atoms with Crippen molar-refractivity contribution in [2.45, 2.75) is 18.8 Å². The minimum Gasteiger partial charge on any atom is -0.375 e. The van der Waals surface area contributed by atoms with E-state index in [-0.39, 0.29) is 11.8 Å². The molecule has 7 nitrogen and oxygen atoms in total. The van der Waals surface area contributed by atoms with Gasteiger partial charge in [0, 0.05) is 31.4 Å². The molecule has 0 aliphatic carbocycles. The molecule has 1 unspecified atom stereocenters. The zero-order chi connectivity index (χ0) is 14.1. The maximum atomic E-state index is 12.4. The Balaban J connectivity index is 1.75. The third-order valence-electron chi connectivity index (χ3n) is 3.56. The van der Waals surface area contributed by atoms with Gasteiger partial charge < -0.3 is 15.2 Å². The minimum atomic E-state index is -0.0511. The van der Waals surface area contributed by atoms with E-state index >= 15 is 0 Å². The fourth-order valence-corrected chi connectivity index (χ4v) is 3.12. The summed E-state index contributed by atoms with van der Waals surface area (Å²) in [5.41, 5.74) is 6.02. The maximum Gasteiger partial charge on any atom is 0.273 e. The molecule has 0 spiro atoms. The lowest BCUT2D eigenvalue weighted by molar-refractivity contribution is 0.0698. The second kappa shape index (κ2) is 5.20. The number of carbonyl (C=O) groups excluding carboxylic acids is 1. The first-order valence-corrected chi connectivity index (χ1v) is 7.37. The molecule has 2 N–H and O–H groups in total. The fourth-order valence-electron chi connectivity index (χ4n) is 2.58. The second-order valence-electron chi connectivity index (χ2n) is 4.96. The molecular formula is C12H16N6OS. The van der Waals surface area contributed by atoms with Gasteiger partial charge in [-0.05, 0) is 12.8 Å². The summed E-state index contributed by atoms with van der Waals surface area (Å²) in [6, 6.07) is 0. The molecule has 1 saturated heterocycles. The number of rotatable bonds is 2. The number of anilines is 1. The smallest absolute Gasteiger partial charge is 0.273 e. The van der Waals surface area contributed by atoms with Crippen LogP contribution >= 0.6 is 11.3 Å². The third-order valence-corrected chi connectivity index (χ3v) is 4.24. The minimum absolute atomic E-state index is 0.0511. The number of amides is 1. The van der Waals surface area contributed by atoms with Crippen LogP contribution in [-0.2, 0) is 7.05 Å². The number of thiazole rings is 1. The van der Waals surface area contributed by atoms with Crippen LogP contribution in [0, 0.1) is 0 Å². The second-order valence-corrected chi connectivity index (χ2v) is 5.85. The summed E-state index contributed by atoms with van der Waals surface area (Å²) in [6.45, 7) is 1.41. The molecule has 1 aliphatic rings. The van der Waals surface area contributed by atoms with Crippen LogP contribution in [0.3, 0.4) is 0 Å². The average Bonchev–Trinajstić information content (AvgIpc) is 3.07. The molecule has 1 atom stereocenters. The molecule has 2 aromatic heterocycles. The first-order valence-electron chi connectivity index (χ1n) is 6.49. The number of hydrogen-bond acceptors (Lipinski definition) is 6. The number of nitrogens with zero attached hydrogens (tertiary/aromatic N) is 5. The Morgan fingerprint density at radius 2 is 2.40 bits per heavy atom. The van der Waals surface area contributed by atoms with Crippen LogP contribution in [0.5, 0.6) is 0 Å². The zero-order valence-corrected chi connectivity index (χ0v) is 12.0. The lowest BCUT2D eigenvalue weighted by Gasteiger charge is -2.31. The Bertz CT molecular complexity index is 621. The number of nitrogen functional groups attached to an aromatic ring is 1. The molecular weight excluding hydrogens is 276 g/mol. The highest BCUT2D eigenvalue weighted by Crippen LogP contribution is 2.26. The number of aromatic nitrogens is 4. The summed E-state index contributed by atoms with van der Waals surface area (Å²) in [6.07, 6.45) is 3.68. The van der Waals surface area contributed by atoms with E-state index in [1.54, 1.807) is 11.7 Å². The standard InChI is InChI=1S/C12H16N6OS/c1-17-7-14-16-10(17)8-3-2-4-18(5-8)11(19)9-6-20-12(13)15-9/h6-8H,2-5H2,1H3,(H2,13,15). The van der Waals surface area contributed by atoms with Crippen LogP contribution in [-0.4, -0.2) is 43.6 Å². The molecule has 1 amide bonds. The van der Waals surface area contributed by atoms with Crippen molar-refractivity contribution in [1.29, 1.82) is 0 Å². The monoisotopic (exact) mass is 292 g/mol. The molecule has 1 aliphatic heterocycles. The zero-order valence-electron chi connectivity index (χ0n) is 11.2. The van der Waals surface area contributed by atoms with Crippen LogP contribution in [0.1, 0.15) is 35.1 Å². The fraction of sp³-hybridized carbons (Fsp3) is 0.500. The predicted octanol–water partition coefficient (Wildman–Crippen LogP) is 0.874. The Hall–Kier alpha value is -1.96. The molecule has 20 heavy (non-hydrogen) atoms. The van der Waals surface area contributed by atoms with E-state index in [0.29, 0.717) is 17.4 Å². The highest BCUT2D eigenvalue weighted by atomic mass is 32.1. The Morgan fingerprint density at radius 1 is 1.55 bits per heavy atom. The van der Waals surface area contributed by atoms with Crippen LogP contribution in [0.15, 0.2) is 11.7 Å². The highest BCUT2D eigenvalue weighted by molar-refractivity contribution is 7.13. The van der Waals surface area contributed by atoms with Crippen LogP contribution in [0.4, 0.5) is 5.13 Å². The summed E-state index contributed by atoms with van der Waals surface area (Å²) in [5.74, 6) is 1.11. The summed E-state index contributed by atoms with van der Waals surface area (Å²) >= 11 is 1.29. The van der Waals surface area contributed by atoms with Gasteiger partial charge in [0.2, 0.25) is 0 Å². The van der Waals surface area contributed by atoms with Gasteiger partial charge >= 0.3 is 0 Å². The maximum absolute atomic E-state index is 12.4. The summed E-state index contributed by atoms with van der Waals surface area (Å²) in [4.78, 5) is 18.3.